The highest BCUT2D eigenvalue weighted by atomic mass is 32.2. The SMILES string of the molecule is [B]C(=O)NC1=N[C@@]2(CCOc3ccc([N+](=O)[O-])cc32)CS(=O)(=O)N1C. The number of rotatable bonds is 1. The quantitative estimate of drug-likeness (QED) is 0.427. The Morgan fingerprint density at radius 2 is 2.24 bits per heavy atom. The second-order valence-corrected chi connectivity index (χ2v) is 7.72. The maximum absolute atomic E-state index is 12.6. The minimum absolute atomic E-state index is 0.178. The summed E-state index contributed by atoms with van der Waals surface area (Å²) in [6, 6.07) is 3.93. The molecule has 1 amide bonds. The molecule has 2 heterocycles. The number of hydrogen-bond donors (Lipinski definition) is 1. The number of non-ortho nitro benzene ring substituents is 1. The Hall–Kier alpha value is -2.63. The van der Waals surface area contributed by atoms with Crippen LogP contribution in [0.25, 0.3) is 0 Å². The molecule has 130 valence electrons. The lowest BCUT2D eigenvalue weighted by atomic mass is 9.86. The van der Waals surface area contributed by atoms with Gasteiger partial charge in [-0.3, -0.25) is 14.9 Å². The van der Waals surface area contributed by atoms with Gasteiger partial charge in [0, 0.05) is 31.2 Å². The number of amides is 1. The van der Waals surface area contributed by atoms with Gasteiger partial charge in [0.05, 0.1) is 17.3 Å². The third-order valence-corrected chi connectivity index (χ3v) is 5.99. The van der Waals surface area contributed by atoms with Gasteiger partial charge in [0.15, 0.2) is 5.81 Å². The van der Waals surface area contributed by atoms with Gasteiger partial charge in [-0.25, -0.2) is 17.7 Å². The van der Waals surface area contributed by atoms with E-state index in [0.717, 1.165) is 4.31 Å². The maximum Gasteiger partial charge on any atom is 0.270 e. The predicted octanol–water partition coefficient (Wildman–Crippen LogP) is 0.0819. The summed E-state index contributed by atoms with van der Waals surface area (Å²) >= 11 is 0. The number of hydrogen-bond acceptors (Lipinski definition) is 7. The van der Waals surface area contributed by atoms with Crippen molar-refractivity contribution < 1.29 is 22.9 Å². The lowest BCUT2D eigenvalue weighted by Gasteiger charge is -2.40. The fourth-order valence-corrected chi connectivity index (χ4v) is 4.42. The molecule has 1 N–H and O–H groups in total. The summed E-state index contributed by atoms with van der Waals surface area (Å²) in [5, 5.41) is 13.3. The highest BCUT2D eigenvalue weighted by Gasteiger charge is 2.48. The Labute approximate surface area is 144 Å². The van der Waals surface area contributed by atoms with Gasteiger partial charge >= 0.3 is 0 Å². The summed E-state index contributed by atoms with van der Waals surface area (Å²) in [4.78, 5) is 26.1. The normalized spacial score (nSPS) is 24.0. The Kier molecular flexibility index (Phi) is 3.94. The van der Waals surface area contributed by atoms with Gasteiger partial charge in [0.2, 0.25) is 23.8 Å². The first-order valence-electron chi connectivity index (χ1n) is 7.19. The van der Waals surface area contributed by atoms with Crippen LogP contribution in [0, 0.1) is 10.1 Å². The lowest BCUT2D eigenvalue weighted by molar-refractivity contribution is -0.385. The summed E-state index contributed by atoms with van der Waals surface area (Å²) in [6.07, 6.45) is 0.179. The van der Waals surface area contributed by atoms with Crippen molar-refractivity contribution in [3.05, 3.63) is 33.9 Å². The molecule has 25 heavy (non-hydrogen) atoms. The molecular weight excluding hydrogens is 351 g/mol. The molecule has 12 heteroatoms. The van der Waals surface area contributed by atoms with Crippen LogP contribution in [0.1, 0.15) is 12.0 Å². The first-order chi connectivity index (χ1) is 11.6. The van der Waals surface area contributed by atoms with Gasteiger partial charge in [-0.1, -0.05) is 0 Å². The second-order valence-electron chi connectivity index (χ2n) is 5.72. The van der Waals surface area contributed by atoms with Crippen LogP contribution in [0.2, 0.25) is 0 Å². The number of carbonyl (C=O) groups excluding carboxylic acids is 1. The monoisotopic (exact) mass is 364 g/mol. The molecule has 1 aromatic carbocycles. The Bertz CT molecular complexity index is 902. The zero-order valence-corrected chi connectivity index (χ0v) is 13.9. The number of benzene rings is 1. The van der Waals surface area contributed by atoms with Gasteiger partial charge in [0.25, 0.3) is 5.69 Å². The van der Waals surface area contributed by atoms with Crippen molar-refractivity contribution in [3.63, 3.8) is 0 Å². The minimum Gasteiger partial charge on any atom is -0.493 e. The van der Waals surface area contributed by atoms with Crippen LogP contribution in [0.4, 0.5) is 10.5 Å². The van der Waals surface area contributed by atoms with Crippen molar-refractivity contribution in [3.8, 4) is 5.75 Å². The van der Waals surface area contributed by atoms with E-state index in [9.17, 15) is 23.3 Å². The van der Waals surface area contributed by atoms with Crippen LogP contribution < -0.4 is 10.1 Å². The van der Waals surface area contributed by atoms with Crippen LogP contribution in [-0.4, -0.2) is 56.7 Å². The smallest absolute Gasteiger partial charge is 0.270 e. The van der Waals surface area contributed by atoms with E-state index in [2.05, 4.69) is 10.3 Å². The van der Waals surface area contributed by atoms with E-state index in [1.807, 2.05) is 0 Å². The summed E-state index contributed by atoms with van der Waals surface area (Å²) in [7, 11) is 2.49. The van der Waals surface area contributed by atoms with Gasteiger partial charge in [-0.15, -0.1) is 0 Å². The molecule has 2 aliphatic heterocycles. The van der Waals surface area contributed by atoms with Gasteiger partial charge < -0.3 is 10.1 Å². The molecule has 0 fully saturated rings. The molecule has 2 radical (unpaired) electrons. The molecule has 0 saturated carbocycles. The topological polar surface area (TPSA) is 131 Å². The highest BCUT2D eigenvalue weighted by Crippen LogP contribution is 2.44. The molecule has 0 aliphatic carbocycles. The van der Waals surface area contributed by atoms with Crippen molar-refractivity contribution in [2.24, 2.45) is 4.99 Å². The molecule has 0 saturated heterocycles. The van der Waals surface area contributed by atoms with Gasteiger partial charge in [-0.2, -0.15) is 0 Å². The number of nitrogens with one attached hydrogen (secondary N) is 1. The molecule has 2 aliphatic rings. The zero-order valence-electron chi connectivity index (χ0n) is 13.1. The molecular formula is C13H13BN4O6S. The Balaban J connectivity index is 2.22. The van der Waals surface area contributed by atoms with Crippen molar-refractivity contribution >= 4 is 35.3 Å². The second kappa shape index (κ2) is 5.72. The van der Waals surface area contributed by atoms with Crippen molar-refractivity contribution in [1.82, 2.24) is 9.62 Å². The van der Waals surface area contributed by atoms with E-state index in [0.29, 0.717) is 5.75 Å². The van der Waals surface area contributed by atoms with Crippen molar-refractivity contribution in [2.45, 2.75) is 12.0 Å². The van der Waals surface area contributed by atoms with E-state index in [-0.39, 0.29) is 30.2 Å². The molecule has 3 rings (SSSR count). The molecule has 1 spiro atoms. The van der Waals surface area contributed by atoms with E-state index in [1.165, 1.54) is 25.2 Å². The summed E-state index contributed by atoms with van der Waals surface area (Å²) in [5.41, 5.74) is -1.23. The zero-order chi connectivity index (χ0) is 18.4. The van der Waals surface area contributed by atoms with E-state index >= 15 is 0 Å². The van der Waals surface area contributed by atoms with Crippen LogP contribution in [0.15, 0.2) is 23.2 Å². The first-order valence-corrected chi connectivity index (χ1v) is 8.80. The summed E-state index contributed by atoms with van der Waals surface area (Å²) in [5.74, 6) is -1.29. The Morgan fingerprint density at radius 3 is 2.88 bits per heavy atom. The number of ether oxygens (including phenoxy) is 1. The Morgan fingerprint density at radius 1 is 1.52 bits per heavy atom. The van der Waals surface area contributed by atoms with E-state index in [1.54, 1.807) is 0 Å². The lowest BCUT2D eigenvalue weighted by Crippen LogP contribution is -2.55. The highest BCUT2D eigenvalue weighted by molar-refractivity contribution is 7.89. The number of carbonyl (C=O) groups is 1. The van der Waals surface area contributed by atoms with Crippen LogP contribution >= 0.6 is 0 Å². The number of nitrogens with zero attached hydrogens (tertiary/aromatic N) is 3. The number of sulfonamides is 1. The van der Waals surface area contributed by atoms with E-state index in [4.69, 9.17) is 12.6 Å². The molecule has 10 nitrogen and oxygen atoms in total. The standard InChI is InChI=1S/C13H13BN4O6S/c1-17-12(15-11(14)19)16-13(7-25(17,22)23)4-5-24-10-3-2-8(18(20)21)6-9(10)13/h2-3,6H,4-5,7H2,1H3,(H,15,16,19)/t13-/m0/s1. The third kappa shape index (κ3) is 2.93. The summed E-state index contributed by atoms with van der Waals surface area (Å²) < 4.78 is 31.4. The van der Waals surface area contributed by atoms with Crippen LogP contribution in [0.3, 0.4) is 0 Å². The van der Waals surface area contributed by atoms with Crippen LogP contribution in [0.5, 0.6) is 5.75 Å². The fourth-order valence-electron chi connectivity index (χ4n) is 2.90. The number of fused-ring (bicyclic) bond motifs is 2. The fraction of sp³-hybridized carbons (Fsp3) is 0.385. The van der Waals surface area contributed by atoms with Gasteiger partial charge in [0.1, 0.15) is 11.3 Å². The number of guanidine groups is 1. The largest absolute Gasteiger partial charge is 0.493 e. The third-order valence-electron chi connectivity index (χ3n) is 4.14. The number of aliphatic imine (C=N–C) groups is 1. The molecule has 1 aromatic rings. The maximum atomic E-state index is 12.6. The average molecular weight is 364 g/mol. The summed E-state index contributed by atoms with van der Waals surface area (Å²) in [6.45, 7) is 0.178. The van der Waals surface area contributed by atoms with E-state index < -0.39 is 32.0 Å². The van der Waals surface area contributed by atoms with Crippen LogP contribution in [-0.2, 0) is 15.6 Å². The number of nitro benzene ring substituents is 1. The average Bonchev–Trinajstić information content (AvgIpc) is 2.51. The molecule has 0 bridgehead atoms. The predicted molar refractivity (Wildman–Crippen MR) is 88.2 cm³/mol. The minimum atomic E-state index is -3.83. The molecule has 0 unspecified atom stereocenters. The molecule has 1 atom stereocenters. The van der Waals surface area contributed by atoms with Crippen molar-refractivity contribution in [2.75, 3.05) is 19.4 Å². The number of nitro groups is 1. The first kappa shape index (κ1) is 17.2. The van der Waals surface area contributed by atoms with Crippen molar-refractivity contribution in [1.29, 1.82) is 0 Å². The van der Waals surface area contributed by atoms with Gasteiger partial charge in [-0.05, 0) is 6.07 Å². The molecule has 0 aromatic heterocycles.